The fourth-order valence-electron chi connectivity index (χ4n) is 1.85. The molecule has 0 aliphatic heterocycles. The molecule has 2 aromatic rings. The molecule has 0 saturated heterocycles. The highest BCUT2D eigenvalue weighted by Gasteiger charge is 2.08. The topological polar surface area (TPSA) is 21.3 Å². The lowest BCUT2D eigenvalue weighted by Crippen LogP contribution is -2.02. The Balaban J connectivity index is 2.10. The van der Waals surface area contributed by atoms with Crippen molar-refractivity contribution >= 4 is 5.69 Å². The molecule has 2 nitrogen and oxygen atoms in total. The summed E-state index contributed by atoms with van der Waals surface area (Å²) in [6.45, 7) is 0.350. The van der Waals surface area contributed by atoms with Gasteiger partial charge in [-0.2, -0.15) is 0 Å². The fraction of sp³-hybridized carbons (Fsp3) is 0.200. The first kappa shape index (κ1) is 14.2. The van der Waals surface area contributed by atoms with Crippen LogP contribution in [-0.4, -0.2) is 7.11 Å². The van der Waals surface area contributed by atoms with Crippen molar-refractivity contribution in [2.75, 3.05) is 12.4 Å². The molecule has 2 rings (SSSR count). The van der Waals surface area contributed by atoms with Gasteiger partial charge in [0.15, 0.2) is 0 Å². The van der Waals surface area contributed by atoms with Gasteiger partial charge in [-0.1, -0.05) is 18.2 Å². The molecule has 0 radical (unpaired) electrons. The third kappa shape index (κ3) is 3.44. The van der Waals surface area contributed by atoms with E-state index >= 15 is 0 Å². The lowest BCUT2D eigenvalue weighted by atomic mass is 10.1. The van der Waals surface area contributed by atoms with E-state index in [1.54, 1.807) is 18.2 Å². The maximum absolute atomic E-state index is 13.0. The summed E-state index contributed by atoms with van der Waals surface area (Å²) in [6, 6.07) is 10.3. The minimum Gasteiger partial charge on any atom is -0.494 e. The van der Waals surface area contributed by atoms with Gasteiger partial charge in [0.2, 0.25) is 0 Å². The Morgan fingerprint density at radius 1 is 1.15 bits per heavy atom. The molecule has 0 saturated carbocycles. The Bertz CT molecular complexity index is 587. The highest BCUT2D eigenvalue weighted by atomic mass is 19.3. The first-order chi connectivity index (χ1) is 9.60. The number of nitrogens with one attached hydrogen (secondary N) is 1. The summed E-state index contributed by atoms with van der Waals surface area (Å²) in [5.74, 6) is -0.0258. The van der Waals surface area contributed by atoms with Crippen LogP contribution in [-0.2, 0) is 6.54 Å². The normalized spacial score (nSPS) is 10.7. The molecule has 106 valence electrons. The molecule has 0 aliphatic carbocycles. The van der Waals surface area contributed by atoms with Gasteiger partial charge in [0, 0.05) is 18.2 Å². The minimum absolute atomic E-state index is 0.0182. The summed E-state index contributed by atoms with van der Waals surface area (Å²) in [5.41, 5.74) is 1.31. The number of rotatable bonds is 5. The third-order valence-electron chi connectivity index (χ3n) is 2.85. The molecule has 0 aromatic heterocycles. The standard InChI is InChI=1S/C15H14F3NO/c1-20-14-8-12(16)5-6-13(14)19-9-10-3-2-4-11(7-10)15(17)18/h2-8,15,19H,9H2,1H3. The number of hydrogen-bond donors (Lipinski definition) is 1. The molecule has 0 aliphatic rings. The Labute approximate surface area is 115 Å². The maximum atomic E-state index is 13.0. The molecule has 0 amide bonds. The number of ether oxygens (including phenoxy) is 1. The molecule has 0 fully saturated rings. The van der Waals surface area contributed by atoms with Crippen molar-refractivity contribution in [3.8, 4) is 5.75 Å². The van der Waals surface area contributed by atoms with E-state index in [1.165, 1.54) is 31.4 Å². The summed E-state index contributed by atoms with van der Waals surface area (Å²) in [7, 11) is 1.44. The predicted molar refractivity (Wildman–Crippen MR) is 71.7 cm³/mol. The minimum atomic E-state index is -2.49. The smallest absolute Gasteiger partial charge is 0.263 e. The Morgan fingerprint density at radius 2 is 1.95 bits per heavy atom. The quantitative estimate of drug-likeness (QED) is 0.878. The summed E-state index contributed by atoms with van der Waals surface area (Å²) in [4.78, 5) is 0. The van der Waals surface area contributed by atoms with Crippen LogP contribution in [0.3, 0.4) is 0 Å². The van der Waals surface area contributed by atoms with Crippen molar-refractivity contribution < 1.29 is 17.9 Å². The first-order valence-electron chi connectivity index (χ1n) is 6.04. The van der Waals surface area contributed by atoms with Gasteiger partial charge in [-0.05, 0) is 23.8 Å². The van der Waals surface area contributed by atoms with Gasteiger partial charge >= 0.3 is 0 Å². The van der Waals surface area contributed by atoms with Gasteiger partial charge in [0.25, 0.3) is 6.43 Å². The molecule has 0 atom stereocenters. The van der Waals surface area contributed by atoms with E-state index in [4.69, 9.17) is 4.74 Å². The number of benzene rings is 2. The van der Waals surface area contributed by atoms with Crippen LogP contribution in [0.2, 0.25) is 0 Å². The van der Waals surface area contributed by atoms with Crippen LogP contribution >= 0.6 is 0 Å². The Kier molecular flexibility index (Phi) is 4.50. The molecular formula is C15H14F3NO. The lowest BCUT2D eigenvalue weighted by molar-refractivity contribution is 0.151. The second kappa shape index (κ2) is 6.32. The highest BCUT2D eigenvalue weighted by molar-refractivity contribution is 5.56. The molecule has 20 heavy (non-hydrogen) atoms. The van der Waals surface area contributed by atoms with E-state index < -0.39 is 12.2 Å². The molecule has 0 heterocycles. The van der Waals surface area contributed by atoms with Crippen LogP contribution in [0.15, 0.2) is 42.5 Å². The van der Waals surface area contributed by atoms with Crippen molar-refractivity contribution in [2.24, 2.45) is 0 Å². The Morgan fingerprint density at radius 3 is 2.65 bits per heavy atom. The average molecular weight is 281 g/mol. The monoisotopic (exact) mass is 281 g/mol. The number of anilines is 1. The zero-order chi connectivity index (χ0) is 14.5. The van der Waals surface area contributed by atoms with E-state index in [0.717, 1.165) is 0 Å². The molecular weight excluding hydrogens is 267 g/mol. The summed E-state index contributed by atoms with van der Waals surface area (Å²) >= 11 is 0. The van der Waals surface area contributed by atoms with Crippen LogP contribution in [0.5, 0.6) is 5.75 Å². The van der Waals surface area contributed by atoms with Crippen LogP contribution in [0, 0.1) is 5.82 Å². The second-order valence-corrected chi connectivity index (χ2v) is 4.24. The molecule has 5 heteroatoms. The van der Waals surface area contributed by atoms with Gasteiger partial charge in [0.05, 0.1) is 12.8 Å². The molecule has 0 bridgehead atoms. The number of hydrogen-bond acceptors (Lipinski definition) is 2. The van der Waals surface area contributed by atoms with Gasteiger partial charge < -0.3 is 10.1 Å². The van der Waals surface area contributed by atoms with Crippen molar-refractivity contribution in [2.45, 2.75) is 13.0 Å². The van der Waals surface area contributed by atoms with Gasteiger partial charge in [-0.15, -0.1) is 0 Å². The lowest BCUT2D eigenvalue weighted by Gasteiger charge is -2.12. The molecule has 2 aromatic carbocycles. The predicted octanol–water partition coefficient (Wildman–Crippen LogP) is 4.38. The fourth-order valence-corrected chi connectivity index (χ4v) is 1.85. The average Bonchev–Trinajstić information content (AvgIpc) is 2.46. The third-order valence-corrected chi connectivity index (χ3v) is 2.85. The largest absolute Gasteiger partial charge is 0.494 e. The second-order valence-electron chi connectivity index (χ2n) is 4.24. The van der Waals surface area contributed by atoms with Gasteiger partial charge in [-0.25, -0.2) is 13.2 Å². The van der Waals surface area contributed by atoms with Crippen molar-refractivity contribution in [3.63, 3.8) is 0 Å². The summed E-state index contributed by atoms with van der Waals surface area (Å²) < 4.78 is 43.3. The number of halogens is 3. The zero-order valence-electron chi connectivity index (χ0n) is 10.9. The van der Waals surface area contributed by atoms with Crippen LogP contribution < -0.4 is 10.1 Å². The maximum Gasteiger partial charge on any atom is 0.263 e. The molecule has 0 spiro atoms. The molecule has 0 unspecified atom stereocenters. The van der Waals surface area contributed by atoms with Gasteiger partial charge in [-0.3, -0.25) is 0 Å². The van der Waals surface area contributed by atoms with E-state index in [-0.39, 0.29) is 5.56 Å². The summed E-state index contributed by atoms with van der Waals surface area (Å²) in [6.07, 6.45) is -2.49. The number of methoxy groups -OCH3 is 1. The SMILES string of the molecule is COc1cc(F)ccc1NCc1cccc(C(F)F)c1. The van der Waals surface area contributed by atoms with Crippen LogP contribution in [0.25, 0.3) is 0 Å². The first-order valence-corrected chi connectivity index (χ1v) is 6.04. The van der Waals surface area contributed by atoms with Crippen molar-refractivity contribution in [1.29, 1.82) is 0 Å². The van der Waals surface area contributed by atoms with Crippen LogP contribution in [0.4, 0.5) is 18.9 Å². The van der Waals surface area contributed by atoms with Crippen LogP contribution in [0.1, 0.15) is 17.6 Å². The summed E-state index contributed by atoms with van der Waals surface area (Å²) in [5, 5.41) is 3.04. The van der Waals surface area contributed by atoms with E-state index in [2.05, 4.69) is 5.32 Å². The number of alkyl halides is 2. The highest BCUT2D eigenvalue weighted by Crippen LogP contribution is 2.26. The van der Waals surface area contributed by atoms with E-state index in [9.17, 15) is 13.2 Å². The zero-order valence-corrected chi connectivity index (χ0v) is 10.9. The van der Waals surface area contributed by atoms with E-state index in [0.29, 0.717) is 23.5 Å². The van der Waals surface area contributed by atoms with Crippen molar-refractivity contribution in [1.82, 2.24) is 0 Å². The Hall–Kier alpha value is -2.17. The van der Waals surface area contributed by atoms with Gasteiger partial charge in [0.1, 0.15) is 11.6 Å². The van der Waals surface area contributed by atoms with E-state index in [1.807, 2.05) is 0 Å². The molecule has 1 N–H and O–H groups in total. The van der Waals surface area contributed by atoms with Crippen molar-refractivity contribution in [3.05, 3.63) is 59.4 Å².